The van der Waals surface area contributed by atoms with Crippen molar-refractivity contribution >= 4 is 29.4 Å². The van der Waals surface area contributed by atoms with Crippen molar-refractivity contribution in [2.75, 3.05) is 64.5 Å². The Morgan fingerprint density at radius 3 is 1.92 bits per heavy atom. The number of carbonyl (C=O) groups excluding carboxylic acids is 2. The third kappa shape index (κ3) is 17.9. The SMILES string of the molecule is Cc1nc(C(=O)NC(N)=NCCCCc2ccc(-c3ccc(CCC(=O)N(C)CCCCCN(CCC(O)C(O)CCO)CC(O)C(O)C(O)CCO)cc3)cc2)c(N)nc1N. The number of aliphatic imine (C=N–C) groups is 1. The van der Waals surface area contributed by atoms with E-state index in [0.29, 0.717) is 51.1 Å². The largest absolute Gasteiger partial charge is 0.396 e. The molecule has 14 N–H and O–H groups in total. The Morgan fingerprint density at radius 2 is 1.29 bits per heavy atom. The first-order chi connectivity index (χ1) is 29.6. The summed E-state index contributed by atoms with van der Waals surface area (Å²) in [5.74, 6) is -0.507. The maximum absolute atomic E-state index is 12.9. The highest BCUT2D eigenvalue weighted by Crippen LogP contribution is 2.22. The van der Waals surface area contributed by atoms with Crippen LogP contribution < -0.4 is 22.5 Å². The van der Waals surface area contributed by atoms with Gasteiger partial charge in [-0.25, -0.2) is 9.97 Å². The van der Waals surface area contributed by atoms with Crippen LogP contribution in [0.15, 0.2) is 53.5 Å². The third-order valence-electron chi connectivity index (χ3n) is 10.8. The van der Waals surface area contributed by atoms with E-state index < -0.39 is 36.4 Å². The molecular weight excluding hydrogens is 799 g/mol. The van der Waals surface area contributed by atoms with E-state index in [9.17, 15) is 35.1 Å². The van der Waals surface area contributed by atoms with Gasteiger partial charge in [-0.1, -0.05) is 55.0 Å². The van der Waals surface area contributed by atoms with E-state index in [2.05, 4.69) is 56.7 Å². The minimum absolute atomic E-state index is 0.0145. The van der Waals surface area contributed by atoms with Crippen molar-refractivity contribution in [1.29, 1.82) is 0 Å². The van der Waals surface area contributed by atoms with Gasteiger partial charge in [0.05, 0.1) is 30.1 Å². The number of aryl methyl sites for hydroxylation is 3. The lowest BCUT2D eigenvalue weighted by molar-refractivity contribution is -0.129. The van der Waals surface area contributed by atoms with Gasteiger partial charge in [0.15, 0.2) is 17.5 Å². The van der Waals surface area contributed by atoms with Crippen LogP contribution >= 0.6 is 0 Å². The van der Waals surface area contributed by atoms with Crippen LogP contribution in [0.2, 0.25) is 0 Å². The molecular formula is C44H69N9O9. The number of benzene rings is 2. The zero-order valence-corrected chi connectivity index (χ0v) is 36.1. The van der Waals surface area contributed by atoms with Gasteiger partial charge in [-0.05, 0) is 93.5 Å². The lowest BCUT2D eigenvalue weighted by atomic mass is 9.99. The molecule has 1 aromatic heterocycles. The fourth-order valence-corrected chi connectivity index (χ4v) is 6.78. The second-order valence-corrected chi connectivity index (χ2v) is 15.7. The summed E-state index contributed by atoms with van der Waals surface area (Å²) in [6.07, 6.45) is -0.276. The van der Waals surface area contributed by atoms with Gasteiger partial charge in [0, 0.05) is 52.9 Å². The Hall–Kier alpha value is -4.79. The molecule has 0 bridgehead atoms. The summed E-state index contributed by atoms with van der Waals surface area (Å²) >= 11 is 0. The molecule has 0 aliphatic heterocycles. The number of anilines is 2. The summed E-state index contributed by atoms with van der Waals surface area (Å²) in [4.78, 5) is 41.2. The quantitative estimate of drug-likeness (QED) is 0.0269. The molecule has 0 radical (unpaired) electrons. The molecule has 18 nitrogen and oxygen atoms in total. The second kappa shape index (κ2) is 27.3. The number of hydrogen-bond donors (Lipinski definition) is 11. The van der Waals surface area contributed by atoms with E-state index in [1.165, 1.54) is 5.56 Å². The van der Waals surface area contributed by atoms with Crippen molar-refractivity contribution < 1.29 is 45.3 Å². The molecule has 0 aliphatic rings. The number of unbranched alkanes of at least 4 members (excludes halogenated alkanes) is 3. The number of aliphatic hydroxyl groups is 7. The van der Waals surface area contributed by atoms with Crippen LogP contribution in [0.1, 0.15) is 85.1 Å². The number of rotatable bonds is 28. The first kappa shape index (κ1) is 51.6. The van der Waals surface area contributed by atoms with Gasteiger partial charge < -0.3 is 62.7 Å². The molecule has 5 unspecified atom stereocenters. The number of nitrogens with zero attached hydrogens (tertiary/aromatic N) is 5. The van der Waals surface area contributed by atoms with Gasteiger partial charge in [-0.2, -0.15) is 0 Å². The van der Waals surface area contributed by atoms with Crippen LogP contribution in [-0.2, 0) is 17.6 Å². The van der Waals surface area contributed by atoms with Crippen LogP contribution in [0.4, 0.5) is 11.6 Å². The number of nitrogens with one attached hydrogen (secondary N) is 1. The van der Waals surface area contributed by atoms with Crippen LogP contribution in [0.5, 0.6) is 0 Å². The molecule has 0 fully saturated rings. The molecule has 0 saturated heterocycles. The number of carbonyl (C=O) groups is 2. The molecule has 0 spiro atoms. The van der Waals surface area contributed by atoms with Crippen molar-refractivity contribution in [1.82, 2.24) is 25.1 Å². The average Bonchev–Trinajstić information content (AvgIpc) is 3.25. The van der Waals surface area contributed by atoms with Gasteiger partial charge in [-0.3, -0.25) is 19.9 Å². The first-order valence-electron chi connectivity index (χ1n) is 21.4. The van der Waals surface area contributed by atoms with Crippen molar-refractivity contribution in [2.24, 2.45) is 10.7 Å². The highest BCUT2D eigenvalue weighted by molar-refractivity contribution is 6.06. The molecule has 2 aromatic carbocycles. The predicted octanol–water partition coefficient (Wildman–Crippen LogP) is 0.507. The number of amides is 2. The van der Waals surface area contributed by atoms with E-state index in [1.807, 2.05) is 17.0 Å². The van der Waals surface area contributed by atoms with E-state index in [0.717, 1.165) is 48.8 Å². The highest BCUT2D eigenvalue weighted by Gasteiger charge is 2.27. The fraction of sp³-hybridized carbons (Fsp3) is 0.568. The van der Waals surface area contributed by atoms with E-state index >= 15 is 0 Å². The Labute approximate surface area is 364 Å². The summed E-state index contributed by atoms with van der Waals surface area (Å²) in [6, 6.07) is 16.6. The van der Waals surface area contributed by atoms with E-state index in [1.54, 1.807) is 18.9 Å². The standard InChI is InChI=1S/C44H69N9O9/c1-29-41(45)50-42(46)39(49-29)43(62)51-44(47)48-22-5-4-8-30-9-14-32(15-10-30)33-16-11-31(12-17-33)13-18-38(60)52(2)23-6-3-7-24-53(25-19-34(56)35(57)20-26-54)28-37(59)40(61)36(58)21-27-55/h9-12,14-17,34-37,40,54-59,61H,3-8,13,18-28H2,1-2H3,(H4,45,46,50)(H3,47,48,51,62). The maximum Gasteiger partial charge on any atom is 0.280 e. The van der Waals surface area contributed by atoms with Crippen molar-refractivity contribution in [3.8, 4) is 11.1 Å². The zero-order chi connectivity index (χ0) is 45.6. The lowest BCUT2D eigenvalue weighted by Gasteiger charge is -2.30. The summed E-state index contributed by atoms with van der Waals surface area (Å²) in [5, 5.41) is 71.7. The van der Waals surface area contributed by atoms with Crippen LogP contribution in [-0.4, -0.2) is 157 Å². The second-order valence-electron chi connectivity index (χ2n) is 15.7. The van der Waals surface area contributed by atoms with Gasteiger partial charge in [0.25, 0.3) is 5.91 Å². The van der Waals surface area contributed by atoms with Crippen molar-refractivity contribution in [3.05, 3.63) is 71.0 Å². The molecule has 3 rings (SSSR count). The van der Waals surface area contributed by atoms with Crippen molar-refractivity contribution in [2.45, 2.75) is 108 Å². The molecule has 62 heavy (non-hydrogen) atoms. The minimum atomic E-state index is -1.45. The molecule has 18 heteroatoms. The molecule has 1 heterocycles. The molecule has 344 valence electrons. The number of guanidine groups is 1. The molecule has 2 amide bonds. The average molecular weight is 868 g/mol. The number of aliphatic hydroxyl groups excluding tert-OH is 7. The Balaban J connectivity index is 1.36. The Bertz CT molecular complexity index is 1820. The van der Waals surface area contributed by atoms with Crippen LogP contribution in [0, 0.1) is 6.92 Å². The maximum atomic E-state index is 12.9. The van der Waals surface area contributed by atoms with Gasteiger partial charge in [0.2, 0.25) is 5.91 Å². The summed E-state index contributed by atoms with van der Waals surface area (Å²) in [5.41, 5.74) is 22.1. The fourth-order valence-electron chi connectivity index (χ4n) is 6.78. The predicted molar refractivity (Wildman–Crippen MR) is 239 cm³/mol. The molecule has 3 aromatic rings. The van der Waals surface area contributed by atoms with Gasteiger partial charge in [0.1, 0.15) is 11.9 Å². The smallest absolute Gasteiger partial charge is 0.280 e. The van der Waals surface area contributed by atoms with Gasteiger partial charge >= 0.3 is 0 Å². The number of nitrogens with two attached hydrogens (primary N) is 3. The number of hydrogen-bond acceptors (Lipinski definition) is 15. The first-order valence-corrected chi connectivity index (χ1v) is 21.4. The monoisotopic (exact) mass is 868 g/mol. The summed E-state index contributed by atoms with van der Waals surface area (Å²) in [6.45, 7) is 2.88. The Kier molecular flexibility index (Phi) is 22.7. The third-order valence-corrected chi connectivity index (χ3v) is 10.8. The van der Waals surface area contributed by atoms with Crippen LogP contribution in [0.3, 0.4) is 0 Å². The molecule has 5 atom stereocenters. The molecule has 0 saturated carbocycles. The number of aromatic nitrogens is 2. The van der Waals surface area contributed by atoms with Crippen LogP contribution in [0.25, 0.3) is 11.1 Å². The van der Waals surface area contributed by atoms with Crippen molar-refractivity contribution in [3.63, 3.8) is 0 Å². The highest BCUT2D eigenvalue weighted by atomic mass is 16.4. The van der Waals surface area contributed by atoms with Gasteiger partial charge in [-0.15, -0.1) is 0 Å². The minimum Gasteiger partial charge on any atom is -0.396 e. The normalized spacial score (nSPS) is 14.3. The Morgan fingerprint density at radius 1 is 0.710 bits per heavy atom. The number of nitrogen functional groups attached to an aromatic ring is 2. The zero-order valence-electron chi connectivity index (χ0n) is 36.1. The summed E-state index contributed by atoms with van der Waals surface area (Å²) in [7, 11) is 1.79. The van der Waals surface area contributed by atoms with E-state index in [4.69, 9.17) is 27.4 Å². The molecule has 0 aliphatic carbocycles. The summed E-state index contributed by atoms with van der Waals surface area (Å²) < 4.78 is 0. The van der Waals surface area contributed by atoms with E-state index in [-0.39, 0.29) is 68.2 Å². The lowest BCUT2D eigenvalue weighted by Crippen LogP contribution is -2.46. The topological polar surface area (TPSA) is 310 Å².